The van der Waals surface area contributed by atoms with Gasteiger partial charge in [-0.05, 0) is 31.0 Å². The topological polar surface area (TPSA) is 73.5 Å². The normalized spacial score (nSPS) is 17.5. The van der Waals surface area contributed by atoms with Crippen LogP contribution in [-0.4, -0.2) is 29.7 Å². The molecule has 1 atom stereocenters. The van der Waals surface area contributed by atoms with Gasteiger partial charge in [0.25, 0.3) is 11.5 Å². The van der Waals surface area contributed by atoms with Crippen molar-refractivity contribution in [2.75, 3.05) is 13.2 Å². The third kappa shape index (κ3) is 3.46. The molecule has 1 N–H and O–H groups in total. The van der Waals surface area contributed by atoms with Crippen LogP contribution in [0.1, 0.15) is 29.2 Å². The Morgan fingerprint density at radius 2 is 2.23 bits per heavy atom. The summed E-state index contributed by atoms with van der Waals surface area (Å²) in [5, 5.41) is 2.80. The lowest BCUT2D eigenvalue weighted by atomic mass is 10.2. The minimum absolute atomic E-state index is 0.0984. The van der Waals surface area contributed by atoms with Crippen molar-refractivity contribution in [3.8, 4) is 0 Å². The molecule has 116 valence electrons. The number of pyridine rings is 1. The molecule has 0 aromatic carbocycles. The van der Waals surface area contributed by atoms with E-state index < -0.39 is 0 Å². The second kappa shape index (κ2) is 6.62. The Bertz CT molecular complexity index is 698. The van der Waals surface area contributed by atoms with Crippen molar-refractivity contribution in [1.82, 2.24) is 9.88 Å². The minimum Gasteiger partial charge on any atom is -0.454 e. The highest BCUT2D eigenvalue weighted by Crippen LogP contribution is 2.12. The fourth-order valence-electron chi connectivity index (χ4n) is 2.44. The predicted octanol–water partition coefficient (Wildman–Crippen LogP) is 1.40. The van der Waals surface area contributed by atoms with Gasteiger partial charge in [0.05, 0.1) is 12.6 Å². The highest BCUT2D eigenvalue weighted by Gasteiger charge is 2.18. The number of nitrogens with zero attached hydrogens (tertiary/aromatic N) is 1. The van der Waals surface area contributed by atoms with Crippen LogP contribution in [0.25, 0.3) is 0 Å². The molecule has 6 heteroatoms. The highest BCUT2D eigenvalue weighted by atomic mass is 16.5. The molecule has 2 aromatic heterocycles. The van der Waals surface area contributed by atoms with E-state index in [1.165, 1.54) is 10.6 Å². The van der Waals surface area contributed by atoms with E-state index in [2.05, 4.69) is 5.32 Å². The quantitative estimate of drug-likeness (QED) is 0.906. The Hall–Kier alpha value is -2.34. The lowest BCUT2D eigenvalue weighted by Gasteiger charge is -2.09. The van der Waals surface area contributed by atoms with E-state index >= 15 is 0 Å². The maximum atomic E-state index is 12.0. The molecular weight excluding hydrogens is 284 g/mol. The van der Waals surface area contributed by atoms with E-state index in [0.29, 0.717) is 18.8 Å². The monoisotopic (exact) mass is 302 g/mol. The standard InChI is InChI=1S/C16H18N2O4/c19-15-5-1-2-8-18(15)11-13-6-7-14(22-13)16(20)17-10-12-4-3-9-21-12/h1-2,5-8,12H,3-4,9-11H2,(H,17,20). The number of ether oxygens (including phenoxy) is 1. The van der Waals surface area contributed by atoms with Crippen molar-refractivity contribution in [3.63, 3.8) is 0 Å². The Morgan fingerprint density at radius 3 is 3.00 bits per heavy atom. The average molecular weight is 302 g/mol. The van der Waals surface area contributed by atoms with Gasteiger partial charge in [-0.3, -0.25) is 9.59 Å². The molecule has 22 heavy (non-hydrogen) atoms. The second-order valence-electron chi connectivity index (χ2n) is 5.28. The van der Waals surface area contributed by atoms with Gasteiger partial charge in [0, 0.05) is 25.4 Å². The third-order valence-corrected chi connectivity index (χ3v) is 3.62. The molecule has 1 aliphatic rings. The zero-order valence-corrected chi connectivity index (χ0v) is 12.2. The first-order valence-electron chi connectivity index (χ1n) is 7.36. The largest absolute Gasteiger partial charge is 0.454 e. The number of rotatable bonds is 5. The molecule has 0 saturated carbocycles. The number of furan rings is 1. The van der Waals surface area contributed by atoms with E-state index in [1.807, 2.05) is 0 Å². The van der Waals surface area contributed by atoms with Gasteiger partial charge in [-0.15, -0.1) is 0 Å². The number of aromatic nitrogens is 1. The summed E-state index contributed by atoms with van der Waals surface area (Å²) in [6.07, 6.45) is 3.79. The van der Waals surface area contributed by atoms with Crippen molar-refractivity contribution in [2.24, 2.45) is 0 Å². The van der Waals surface area contributed by atoms with Crippen molar-refractivity contribution < 1.29 is 13.9 Å². The second-order valence-corrected chi connectivity index (χ2v) is 5.28. The maximum absolute atomic E-state index is 12.0. The van der Waals surface area contributed by atoms with E-state index in [-0.39, 0.29) is 23.3 Å². The summed E-state index contributed by atoms with van der Waals surface area (Å²) in [7, 11) is 0. The fourth-order valence-corrected chi connectivity index (χ4v) is 2.44. The molecule has 2 aromatic rings. The first-order chi connectivity index (χ1) is 10.7. The van der Waals surface area contributed by atoms with E-state index in [9.17, 15) is 9.59 Å². The molecule has 0 radical (unpaired) electrons. The fraction of sp³-hybridized carbons (Fsp3) is 0.375. The van der Waals surface area contributed by atoms with Crippen molar-refractivity contribution in [2.45, 2.75) is 25.5 Å². The molecule has 6 nitrogen and oxygen atoms in total. The van der Waals surface area contributed by atoms with E-state index in [4.69, 9.17) is 9.15 Å². The predicted molar refractivity (Wildman–Crippen MR) is 79.8 cm³/mol. The number of carbonyl (C=O) groups is 1. The molecule has 1 amide bonds. The average Bonchev–Trinajstić information content (AvgIpc) is 3.19. The van der Waals surface area contributed by atoms with Crippen LogP contribution in [-0.2, 0) is 11.3 Å². The summed E-state index contributed by atoms with van der Waals surface area (Å²) in [4.78, 5) is 23.6. The smallest absolute Gasteiger partial charge is 0.287 e. The third-order valence-electron chi connectivity index (χ3n) is 3.62. The minimum atomic E-state index is -0.262. The molecular formula is C16H18N2O4. The summed E-state index contributed by atoms with van der Waals surface area (Å²) in [5.41, 5.74) is -0.108. The van der Waals surface area contributed by atoms with Crippen molar-refractivity contribution >= 4 is 5.91 Å². The maximum Gasteiger partial charge on any atom is 0.287 e. The first kappa shape index (κ1) is 14.6. The van der Waals surface area contributed by atoms with E-state index in [1.54, 1.807) is 30.5 Å². The van der Waals surface area contributed by atoms with E-state index in [0.717, 1.165) is 19.4 Å². The summed E-state index contributed by atoms with van der Waals surface area (Å²) >= 11 is 0. The molecule has 0 bridgehead atoms. The lowest BCUT2D eigenvalue weighted by Crippen LogP contribution is -2.31. The van der Waals surface area contributed by atoms with Gasteiger partial charge in [0.2, 0.25) is 0 Å². The molecule has 1 fully saturated rings. The Kier molecular flexibility index (Phi) is 4.39. The first-order valence-corrected chi connectivity index (χ1v) is 7.36. The van der Waals surface area contributed by atoms with Gasteiger partial charge in [-0.2, -0.15) is 0 Å². The molecule has 1 aliphatic heterocycles. The molecule has 0 aliphatic carbocycles. The number of amides is 1. The summed E-state index contributed by atoms with van der Waals surface area (Å²) in [6.45, 7) is 1.56. The van der Waals surface area contributed by atoms with Gasteiger partial charge in [0.1, 0.15) is 5.76 Å². The number of carbonyl (C=O) groups excluding carboxylic acids is 1. The van der Waals surface area contributed by atoms with Gasteiger partial charge in [-0.1, -0.05) is 6.07 Å². The van der Waals surface area contributed by atoms with Crippen molar-refractivity contribution in [3.05, 3.63) is 58.4 Å². The Balaban J connectivity index is 1.59. The highest BCUT2D eigenvalue weighted by molar-refractivity contribution is 5.91. The SMILES string of the molecule is O=C(NCC1CCCO1)c1ccc(Cn2ccccc2=O)o1. The molecule has 0 spiro atoms. The number of hydrogen-bond acceptors (Lipinski definition) is 4. The Morgan fingerprint density at radius 1 is 1.32 bits per heavy atom. The van der Waals surface area contributed by atoms with Crippen molar-refractivity contribution in [1.29, 1.82) is 0 Å². The van der Waals surface area contributed by atoms with Crippen LogP contribution >= 0.6 is 0 Å². The number of hydrogen-bond donors (Lipinski definition) is 1. The van der Waals surface area contributed by atoms with Gasteiger partial charge in [-0.25, -0.2) is 0 Å². The van der Waals surface area contributed by atoms with Crippen LogP contribution in [0.15, 0.2) is 45.7 Å². The van der Waals surface area contributed by atoms with Gasteiger partial charge in [0.15, 0.2) is 5.76 Å². The molecule has 3 rings (SSSR count). The zero-order chi connectivity index (χ0) is 15.4. The zero-order valence-electron chi connectivity index (χ0n) is 12.2. The summed E-state index contributed by atoms with van der Waals surface area (Å²) in [5.74, 6) is 0.551. The molecule has 1 unspecified atom stereocenters. The molecule has 3 heterocycles. The van der Waals surface area contributed by atoms with Crippen LogP contribution in [0.4, 0.5) is 0 Å². The van der Waals surface area contributed by atoms with Crippen LogP contribution in [0.5, 0.6) is 0 Å². The van der Waals surface area contributed by atoms with Crippen LogP contribution in [0.3, 0.4) is 0 Å². The van der Waals surface area contributed by atoms with Crippen LogP contribution in [0, 0.1) is 0 Å². The van der Waals surface area contributed by atoms with Gasteiger partial charge < -0.3 is 19.0 Å². The lowest BCUT2D eigenvalue weighted by molar-refractivity contribution is 0.0833. The van der Waals surface area contributed by atoms with Crippen LogP contribution in [0.2, 0.25) is 0 Å². The summed E-state index contributed by atoms with van der Waals surface area (Å²) in [6, 6.07) is 8.28. The van der Waals surface area contributed by atoms with Gasteiger partial charge >= 0.3 is 0 Å². The Labute approximate surface area is 127 Å². The van der Waals surface area contributed by atoms with Crippen LogP contribution < -0.4 is 10.9 Å². The molecule has 1 saturated heterocycles. The number of nitrogens with one attached hydrogen (secondary N) is 1. The summed E-state index contributed by atoms with van der Waals surface area (Å²) < 4.78 is 12.5.